The molecule has 3 aromatic rings. The van der Waals surface area contributed by atoms with Gasteiger partial charge in [0.05, 0.1) is 23.7 Å². The van der Waals surface area contributed by atoms with Gasteiger partial charge in [-0.3, -0.25) is 4.98 Å². The zero-order valence-corrected chi connectivity index (χ0v) is 17.9. The third-order valence-electron chi connectivity index (χ3n) is 4.78. The second-order valence-electron chi connectivity index (χ2n) is 6.85. The van der Waals surface area contributed by atoms with Crippen LogP contribution in [0.3, 0.4) is 0 Å². The molecule has 2 unspecified atom stereocenters. The molecule has 0 aliphatic heterocycles. The van der Waals surface area contributed by atoms with Crippen molar-refractivity contribution in [2.75, 3.05) is 12.4 Å². The van der Waals surface area contributed by atoms with Crippen molar-refractivity contribution in [2.24, 2.45) is 0 Å². The quantitative estimate of drug-likeness (QED) is 0.330. The molecule has 3 rings (SSSR count). The third-order valence-corrected chi connectivity index (χ3v) is 5.48. The highest BCUT2D eigenvalue weighted by Gasteiger charge is 2.45. The molecule has 0 saturated carbocycles. The summed E-state index contributed by atoms with van der Waals surface area (Å²) in [6, 6.07) is 7.36. The second kappa shape index (κ2) is 9.06. The molecule has 2 N–H and O–H groups in total. The van der Waals surface area contributed by atoms with E-state index in [4.69, 9.17) is 27.9 Å². The van der Waals surface area contributed by atoms with Gasteiger partial charge >= 0.3 is 6.18 Å². The van der Waals surface area contributed by atoms with Gasteiger partial charge < -0.3 is 15.2 Å². The fraction of sp³-hybridized carbons (Fsp3) is 0.286. The summed E-state index contributed by atoms with van der Waals surface area (Å²) in [7, 11) is 1.13. The first-order valence-electron chi connectivity index (χ1n) is 9.06. The van der Waals surface area contributed by atoms with E-state index in [2.05, 4.69) is 10.3 Å². The Bertz CT molecular complexity index is 1110. The van der Waals surface area contributed by atoms with Crippen LogP contribution in [-0.2, 0) is 5.88 Å². The van der Waals surface area contributed by atoms with Crippen molar-refractivity contribution < 1.29 is 27.4 Å². The van der Waals surface area contributed by atoms with Crippen molar-refractivity contribution >= 4 is 39.8 Å². The van der Waals surface area contributed by atoms with Gasteiger partial charge in [0.2, 0.25) is 0 Å². The van der Waals surface area contributed by atoms with E-state index < -0.39 is 35.5 Å². The molecular weight excluding hydrogens is 459 g/mol. The molecule has 166 valence electrons. The molecule has 0 fully saturated rings. The monoisotopic (exact) mass is 476 g/mol. The summed E-state index contributed by atoms with van der Waals surface area (Å²) in [6.07, 6.45) is -7.98. The summed E-state index contributed by atoms with van der Waals surface area (Å²) in [5.74, 6) is -1.78. The molecular formula is C21H18Cl2F4N2O2. The molecule has 31 heavy (non-hydrogen) atoms. The van der Waals surface area contributed by atoms with E-state index in [1.54, 1.807) is 31.2 Å². The van der Waals surface area contributed by atoms with E-state index >= 15 is 4.39 Å². The highest BCUT2D eigenvalue weighted by molar-refractivity contribution is 6.33. The summed E-state index contributed by atoms with van der Waals surface area (Å²) in [5.41, 5.74) is 1.16. The Morgan fingerprint density at radius 3 is 2.55 bits per heavy atom. The van der Waals surface area contributed by atoms with Crippen molar-refractivity contribution in [1.29, 1.82) is 0 Å². The van der Waals surface area contributed by atoms with Crippen LogP contribution in [0.1, 0.15) is 22.9 Å². The molecule has 0 aliphatic carbocycles. The number of nitrogens with zero attached hydrogens (tertiary/aromatic N) is 1. The number of aromatic nitrogens is 1. The number of benzene rings is 2. The van der Waals surface area contributed by atoms with Crippen molar-refractivity contribution in [3.8, 4) is 5.75 Å². The molecule has 1 aromatic heterocycles. The number of halogens is 6. The van der Waals surface area contributed by atoms with Gasteiger partial charge in [-0.05, 0) is 42.8 Å². The number of hydrogen-bond acceptors (Lipinski definition) is 4. The van der Waals surface area contributed by atoms with Crippen LogP contribution in [0.4, 0.5) is 23.2 Å². The number of aryl methyl sites for hydroxylation is 1. The van der Waals surface area contributed by atoms with Crippen molar-refractivity contribution in [3.05, 3.63) is 64.1 Å². The highest BCUT2D eigenvalue weighted by atomic mass is 35.5. The standard InChI is InChI=1S/C21H18Cl2F4N2O2/c1-10-6-7-12-14(28-10)4-3-5-15(12)29-18(20(30)21(25,26)27)13-8-11(9-22)16(23)19(31-2)17(13)24/h3-8,18,20,29-30H,9H2,1-2H3. The lowest BCUT2D eigenvalue weighted by molar-refractivity contribution is -0.208. The minimum atomic E-state index is -5.04. The van der Waals surface area contributed by atoms with Crippen LogP contribution in [0.2, 0.25) is 5.02 Å². The number of aliphatic hydroxyl groups excluding tert-OH is 1. The van der Waals surface area contributed by atoms with E-state index in [0.717, 1.165) is 18.9 Å². The summed E-state index contributed by atoms with van der Waals surface area (Å²) in [4.78, 5) is 4.34. The molecule has 0 bridgehead atoms. The van der Waals surface area contributed by atoms with Gasteiger partial charge in [0.25, 0.3) is 0 Å². The minimum absolute atomic E-state index is 0.149. The number of ether oxygens (including phenoxy) is 1. The Hall–Kier alpha value is -2.29. The average Bonchev–Trinajstić information content (AvgIpc) is 2.71. The van der Waals surface area contributed by atoms with Gasteiger partial charge in [0.15, 0.2) is 17.7 Å². The van der Waals surface area contributed by atoms with Crippen LogP contribution < -0.4 is 10.1 Å². The minimum Gasteiger partial charge on any atom is -0.492 e. The Morgan fingerprint density at radius 2 is 1.94 bits per heavy atom. The van der Waals surface area contributed by atoms with Crippen molar-refractivity contribution in [2.45, 2.75) is 31.1 Å². The maximum absolute atomic E-state index is 15.1. The zero-order valence-electron chi connectivity index (χ0n) is 16.4. The summed E-state index contributed by atoms with van der Waals surface area (Å²) >= 11 is 11.9. The molecule has 4 nitrogen and oxygen atoms in total. The van der Waals surface area contributed by atoms with Gasteiger partial charge in [-0.1, -0.05) is 17.7 Å². The van der Waals surface area contributed by atoms with Crippen LogP contribution in [-0.4, -0.2) is 29.5 Å². The van der Waals surface area contributed by atoms with E-state index in [1.807, 2.05) is 0 Å². The summed E-state index contributed by atoms with van der Waals surface area (Å²) < 4.78 is 60.6. The first-order chi connectivity index (χ1) is 14.6. The largest absolute Gasteiger partial charge is 0.492 e. The molecule has 0 aliphatic rings. The number of pyridine rings is 1. The third kappa shape index (κ3) is 4.66. The maximum Gasteiger partial charge on any atom is 0.416 e. The SMILES string of the molecule is COc1c(F)c(C(Nc2cccc3nc(C)ccc23)C(O)C(F)(F)F)cc(CCl)c1Cl. The number of hydrogen-bond donors (Lipinski definition) is 2. The first kappa shape index (κ1) is 23.4. The fourth-order valence-corrected chi connectivity index (χ4v) is 3.82. The molecule has 0 saturated heterocycles. The fourth-order valence-electron chi connectivity index (χ4n) is 3.26. The number of rotatable bonds is 6. The van der Waals surface area contributed by atoms with E-state index in [9.17, 15) is 18.3 Å². The Morgan fingerprint density at radius 1 is 1.23 bits per heavy atom. The number of methoxy groups -OCH3 is 1. The number of nitrogens with one attached hydrogen (secondary N) is 1. The number of aliphatic hydroxyl groups is 1. The molecule has 0 spiro atoms. The van der Waals surface area contributed by atoms with E-state index in [1.165, 1.54) is 6.07 Å². The van der Waals surface area contributed by atoms with Crippen molar-refractivity contribution in [3.63, 3.8) is 0 Å². The lowest BCUT2D eigenvalue weighted by Gasteiger charge is -2.29. The van der Waals surface area contributed by atoms with Gasteiger partial charge in [0.1, 0.15) is 0 Å². The zero-order chi connectivity index (χ0) is 22.9. The normalized spacial score (nSPS) is 13.8. The number of fused-ring (bicyclic) bond motifs is 1. The number of anilines is 1. The molecule has 2 aromatic carbocycles. The molecule has 0 radical (unpaired) electrons. The van der Waals surface area contributed by atoms with Crippen LogP contribution in [0.15, 0.2) is 36.4 Å². The summed E-state index contributed by atoms with van der Waals surface area (Å²) in [6.45, 7) is 1.78. The van der Waals surface area contributed by atoms with Gasteiger partial charge in [-0.25, -0.2) is 4.39 Å². The molecule has 10 heteroatoms. The lowest BCUT2D eigenvalue weighted by atomic mass is 9.97. The van der Waals surface area contributed by atoms with E-state index in [0.29, 0.717) is 10.9 Å². The first-order valence-corrected chi connectivity index (χ1v) is 9.98. The van der Waals surface area contributed by atoms with Crippen LogP contribution in [0, 0.1) is 12.7 Å². The highest BCUT2D eigenvalue weighted by Crippen LogP contribution is 2.41. The molecule has 2 atom stereocenters. The van der Waals surface area contributed by atoms with Crippen LogP contribution >= 0.6 is 23.2 Å². The Balaban J connectivity index is 2.20. The Kier molecular flexibility index (Phi) is 6.83. The van der Waals surface area contributed by atoms with E-state index in [-0.39, 0.29) is 22.2 Å². The average molecular weight is 477 g/mol. The smallest absolute Gasteiger partial charge is 0.416 e. The second-order valence-corrected chi connectivity index (χ2v) is 7.50. The predicted octanol–water partition coefficient (Wildman–Crippen LogP) is 6.16. The van der Waals surface area contributed by atoms with Crippen LogP contribution in [0.5, 0.6) is 5.75 Å². The van der Waals surface area contributed by atoms with Gasteiger partial charge in [-0.15, -0.1) is 11.6 Å². The van der Waals surface area contributed by atoms with Crippen molar-refractivity contribution in [1.82, 2.24) is 4.98 Å². The van der Waals surface area contributed by atoms with Crippen LogP contribution in [0.25, 0.3) is 10.9 Å². The molecule has 0 amide bonds. The predicted molar refractivity (Wildman–Crippen MR) is 112 cm³/mol. The Labute approximate surface area is 185 Å². The van der Waals surface area contributed by atoms with Gasteiger partial charge in [0, 0.05) is 28.2 Å². The topological polar surface area (TPSA) is 54.4 Å². The summed E-state index contributed by atoms with van der Waals surface area (Å²) in [5, 5.41) is 13.1. The van der Waals surface area contributed by atoms with Gasteiger partial charge in [-0.2, -0.15) is 13.2 Å². The lowest BCUT2D eigenvalue weighted by Crippen LogP contribution is -2.38. The molecule has 1 heterocycles. The maximum atomic E-state index is 15.1. The number of alkyl halides is 4.